The third kappa shape index (κ3) is 5.51. The van der Waals surface area contributed by atoms with Crippen LogP contribution in [0, 0.1) is 5.41 Å². The van der Waals surface area contributed by atoms with Crippen LogP contribution in [0.25, 0.3) is 0 Å². The number of hydrogen-bond donors (Lipinski definition) is 1. The summed E-state index contributed by atoms with van der Waals surface area (Å²) in [5.74, 6) is -0.340. The maximum absolute atomic E-state index is 10.9. The zero-order chi connectivity index (χ0) is 12.7. The summed E-state index contributed by atoms with van der Waals surface area (Å²) in [6, 6.07) is 9.19. The summed E-state index contributed by atoms with van der Waals surface area (Å²) in [4.78, 5) is 0. The van der Waals surface area contributed by atoms with Gasteiger partial charge in [0.15, 0.2) is 0 Å². The Morgan fingerprint density at radius 1 is 1.41 bits per heavy atom. The van der Waals surface area contributed by atoms with Crippen molar-refractivity contribution in [2.24, 2.45) is 0 Å². The molecule has 7 heteroatoms. The molecule has 1 aromatic rings. The lowest BCUT2D eigenvalue weighted by Crippen LogP contribution is -2.19. The fourth-order valence-corrected chi connectivity index (χ4v) is 1.64. The fourth-order valence-electron chi connectivity index (χ4n) is 1.25. The minimum Gasteiger partial charge on any atom is -0.555 e. The molecule has 1 atom stereocenters. The smallest absolute Gasteiger partial charge is 0.381 e. The number of rotatable bonds is 7. The largest absolute Gasteiger partial charge is 0.555 e. The van der Waals surface area contributed by atoms with Gasteiger partial charge in [-0.1, -0.05) is 30.3 Å². The van der Waals surface area contributed by atoms with Gasteiger partial charge in [0.25, 0.3) is 10.1 Å². The van der Waals surface area contributed by atoms with Gasteiger partial charge in [-0.25, -0.2) is 0 Å². The summed E-state index contributed by atoms with van der Waals surface area (Å²) in [5.41, 5.74) is 0.859. The number of hydrogen-bond acceptors (Lipinski definition) is 5. The number of benzene rings is 1. The standard InChI is InChI=1S/C10H13BNO4S/c1-17(13,14)16-7-10(11-15-8-12)9-5-3-2-4-6-9/h2-6,8,10,12H,7H2,1H3/t10-/m0/s1. The van der Waals surface area contributed by atoms with E-state index in [9.17, 15) is 8.42 Å². The highest BCUT2D eigenvalue weighted by Gasteiger charge is 2.17. The van der Waals surface area contributed by atoms with E-state index >= 15 is 0 Å². The predicted octanol–water partition coefficient (Wildman–Crippen LogP) is 0.947. The lowest BCUT2D eigenvalue weighted by molar-refractivity contribution is 0.315. The Bertz CT molecular complexity index is 449. The maximum Gasteiger partial charge on any atom is 0.381 e. The Morgan fingerprint density at radius 2 is 2.06 bits per heavy atom. The molecule has 1 aromatic carbocycles. The van der Waals surface area contributed by atoms with Gasteiger partial charge in [0, 0.05) is 5.82 Å². The molecule has 5 nitrogen and oxygen atoms in total. The Balaban J connectivity index is 2.70. The van der Waals surface area contributed by atoms with Crippen LogP contribution < -0.4 is 0 Å². The molecule has 1 radical (unpaired) electrons. The van der Waals surface area contributed by atoms with Gasteiger partial charge in [0.1, 0.15) is 6.40 Å². The summed E-state index contributed by atoms with van der Waals surface area (Å²) < 4.78 is 31.3. The van der Waals surface area contributed by atoms with E-state index in [2.05, 4.69) is 0 Å². The second-order valence-electron chi connectivity index (χ2n) is 3.40. The molecule has 0 spiro atoms. The SMILES string of the molecule is CS(=O)(=O)OC[C@H]([B]OC=N)c1ccccc1. The first-order chi connectivity index (χ1) is 8.03. The molecule has 0 saturated heterocycles. The Kier molecular flexibility index (Phi) is 5.18. The summed E-state index contributed by atoms with van der Waals surface area (Å²) in [5, 5.41) is 6.78. The van der Waals surface area contributed by atoms with Crippen LogP contribution in [-0.2, 0) is 19.0 Å². The lowest BCUT2D eigenvalue weighted by atomic mass is 9.76. The normalized spacial score (nSPS) is 12.8. The molecule has 0 saturated carbocycles. The Labute approximate surface area is 102 Å². The molecule has 0 bridgehead atoms. The van der Waals surface area contributed by atoms with E-state index in [4.69, 9.17) is 14.2 Å². The first-order valence-corrected chi connectivity index (χ1v) is 6.71. The quantitative estimate of drug-likeness (QED) is 0.340. The summed E-state index contributed by atoms with van der Waals surface area (Å²) in [6.07, 6.45) is 1.77. The average Bonchev–Trinajstić information content (AvgIpc) is 2.29. The van der Waals surface area contributed by atoms with Crippen molar-refractivity contribution in [1.82, 2.24) is 0 Å². The van der Waals surface area contributed by atoms with E-state index < -0.39 is 10.1 Å². The minimum absolute atomic E-state index is 0.0450. The van der Waals surface area contributed by atoms with Crippen LogP contribution in [0.4, 0.5) is 0 Å². The highest BCUT2D eigenvalue weighted by molar-refractivity contribution is 7.85. The third-order valence-electron chi connectivity index (χ3n) is 2.00. The van der Waals surface area contributed by atoms with E-state index in [1.807, 2.05) is 30.3 Å². The van der Waals surface area contributed by atoms with Crippen LogP contribution in [0.1, 0.15) is 11.4 Å². The molecular formula is C10H13BNO4S. The third-order valence-corrected chi connectivity index (χ3v) is 2.56. The first-order valence-electron chi connectivity index (χ1n) is 4.90. The van der Waals surface area contributed by atoms with Crippen LogP contribution in [0.3, 0.4) is 0 Å². The molecule has 0 aliphatic heterocycles. The summed E-state index contributed by atoms with van der Waals surface area (Å²) in [6.45, 7) is -0.0450. The van der Waals surface area contributed by atoms with Crippen molar-refractivity contribution in [3.05, 3.63) is 35.9 Å². The maximum atomic E-state index is 10.9. The minimum atomic E-state index is -3.48. The van der Waals surface area contributed by atoms with E-state index in [0.29, 0.717) is 0 Å². The van der Waals surface area contributed by atoms with Crippen LogP contribution in [0.5, 0.6) is 0 Å². The topological polar surface area (TPSA) is 76.5 Å². The zero-order valence-corrected chi connectivity index (χ0v) is 10.2. The second kappa shape index (κ2) is 6.41. The lowest BCUT2D eigenvalue weighted by Gasteiger charge is -2.14. The van der Waals surface area contributed by atoms with Crippen molar-refractivity contribution in [2.75, 3.05) is 12.9 Å². The van der Waals surface area contributed by atoms with Crippen molar-refractivity contribution in [3.63, 3.8) is 0 Å². The molecule has 0 aliphatic carbocycles. The van der Waals surface area contributed by atoms with Gasteiger partial charge in [-0.15, -0.1) is 0 Å². The van der Waals surface area contributed by atoms with Crippen molar-refractivity contribution < 1.29 is 17.3 Å². The van der Waals surface area contributed by atoms with Crippen molar-refractivity contribution in [3.8, 4) is 0 Å². The van der Waals surface area contributed by atoms with Gasteiger partial charge in [-0.2, -0.15) is 8.42 Å². The van der Waals surface area contributed by atoms with Crippen LogP contribution in [0.2, 0.25) is 0 Å². The van der Waals surface area contributed by atoms with Crippen LogP contribution >= 0.6 is 0 Å². The molecule has 91 valence electrons. The number of nitrogens with one attached hydrogen (secondary N) is 1. The molecule has 0 fully saturated rings. The summed E-state index contributed by atoms with van der Waals surface area (Å²) in [7, 11) is -2.12. The van der Waals surface area contributed by atoms with Gasteiger partial charge < -0.3 is 4.65 Å². The van der Waals surface area contributed by atoms with Crippen molar-refractivity contribution in [2.45, 2.75) is 5.82 Å². The molecular weight excluding hydrogens is 241 g/mol. The highest BCUT2D eigenvalue weighted by Crippen LogP contribution is 2.15. The molecule has 1 rings (SSSR count). The summed E-state index contributed by atoms with van der Waals surface area (Å²) >= 11 is 0. The second-order valence-corrected chi connectivity index (χ2v) is 5.04. The highest BCUT2D eigenvalue weighted by atomic mass is 32.2. The van der Waals surface area contributed by atoms with Crippen molar-refractivity contribution >= 4 is 24.0 Å². The van der Waals surface area contributed by atoms with E-state index in [-0.39, 0.29) is 12.4 Å². The van der Waals surface area contributed by atoms with Crippen LogP contribution in [-0.4, -0.2) is 35.2 Å². The van der Waals surface area contributed by atoms with E-state index in [0.717, 1.165) is 18.2 Å². The van der Waals surface area contributed by atoms with Gasteiger partial charge in [0.2, 0.25) is 0 Å². The molecule has 17 heavy (non-hydrogen) atoms. The molecule has 0 amide bonds. The molecule has 1 N–H and O–H groups in total. The van der Waals surface area contributed by atoms with Crippen LogP contribution in [0.15, 0.2) is 30.3 Å². The first kappa shape index (κ1) is 13.7. The monoisotopic (exact) mass is 254 g/mol. The molecule has 0 heterocycles. The van der Waals surface area contributed by atoms with Crippen molar-refractivity contribution in [1.29, 1.82) is 5.41 Å². The predicted molar refractivity (Wildman–Crippen MR) is 65.6 cm³/mol. The molecule has 0 aromatic heterocycles. The van der Waals surface area contributed by atoms with Gasteiger partial charge >= 0.3 is 7.48 Å². The fraction of sp³-hybridized carbons (Fsp3) is 0.300. The van der Waals surface area contributed by atoms with Gasteiger partial charge in [0.05, 0.1) is 12.9 Å². The Hall–Kier alpha value is -1.34. The van der Waals surface area contributed by atoms with E-state index in [1.54, 1.807) is 0 Å². The Morgan fingerprint density at radius 3 is 2.59 bits per heavy atom. The van der Waals surface area contributed by atoms with E-state index in [1.165, 1.54) is 7.48 Å². The zero-order valence-electron chi connectivity index (χ0n) is 9.37. The molecule has 0 aliphatic rings. The van der Waals surface area contributed by atoms with Gasteiger partial charge in [-0.05, 0) is 5.56 Å². The molecule has 0 unspecified atom stereocenters. The van der Waals surface area contributed by atoms with Gasteiger partial charge in [-0.3, -0.25) is 9.59 Å². The average molecular weight is 254 g/mol.